The zero-order valence-corrected chi connectivity index (χ0v) is 11.5. The molecule has 8 heteroatoms. The number of nitrogens with zero attached hydrogens (tertiary/aromatic N) is 3. The summed E-state index contributed by atoms with van der Waals surface area (Å²) in [6.45, 7) is 3.41. The van der Waals surface area contributed by atoms with Crippen molar-refractivity contribution in [2.75, 3.05) is 18.4 Å². The molecule has 0 saturated heterocycles. The van der Waals surface area contributed by atoms with Gasteiger partial charge in [0.25, 0.3) is 5.91 Å². The molecule has 0 aliphatic carbocycles. The molecule has 7 nitrogen and oxygen atoms in total. The first-order valence-electron chi connectivity index (χ1n) is 6.13. The summed E-state index contributed by atoms with van der Waals surface area (Å²) in [7, 11) is 0. The van der Waals surface area contributed by atoms with E-state index in [2.05, 4.69) is 37.7 Å². The number of aromatic amines is 1. The van der Waals surface area contributed by atoms with Gasteiger partial charge in [-0.1, -0.05) is 18.3 Å². The van der Waals surface area contributed by atoms with Crippen LogP contribution in [0, 0.1) is 0 Å². The fourth-order valence-corrected chi connectivity index (χ4v) is 2.11. The summed E-state index contributed by atoms with van der Waals surface area (Å²) >= 11 is 1.26. The summed E-state index contributed by atoms with van der Waals surface area (Å²) in [6, 6.07) is 0. The number of carbonyl (C=O) groups is 1. The fraction of sp³-hybridized carbons (Fsp3) is 0.455. The molecule has 0 aromatic carbocycles. The van der Waals surface area contributed by atoms with Crippen molar-refractivity contribution in [1.82, 2.24) is 25.5 Å². The number of anilines is 1. The Morgan fingerprint density at radius 1 is 1.42 bits per heavy atom. The normalized spacial score (nSPS) is 10.4. The van der Waals surface area contributed by atoms with Crippen LogP contribution in [0.15, 0.2) is 12.4 Å². The number of hydrogen-bond acceptors (Lipinski definition) is 6. The molecule has 0 atom stereocenters. The van der Waals surface area contributed by atoms with Gasteiger partial charge in [0, 0.05) is 31.9 Å². The van der Waals surface area contributed by atoms with E-state index in [4.69, 9.17) is 0 Å². The van der Waals surface area contributed by atoms with Crippen LogP contribution in [0.25, 0.3) is 0 Å². The molecule has 0 saturated carbocycles. The highest BCUT2D eigenvalue weighted by molar-refractivity contribution is 7.17. The molecule has 19 heavy (non-hydrogen) atoms. The van der Waals surface area contributed by atoms with Gasteiger partial charge in [0.05, 0.1) is 0 Å². The van der Waals surface area contributed by atoms with E-state index in [1.165, 1.54) is 11.3 Å². The maximum absolute atomic E-state index is 11.8. The van der Waals surface area contributed by atoms with Crippen LogP contribution >= 0.6 is 11.3 Å². The average Bonchev–Trinajstić information content (AvgIpc) is 3.07. The molecule has 0 bridgehead atoms. The summed E-state index contributed by atoms with van der Waals surface area (Å²) in [4.78, 5) is 18.9. The second kappa shape index (κ2) is 6.83. The first-order chi connectivity index (χ1) is 9.29. The Bertz CT molecular complexity index is 509. The Labute approximate surface area is 114 Å². The number of imidazole rings is 1. The van der Waals surface area contributed by atoms with E-state index in [0.717, 1.165) is 18.8 Å². The second-order valence-electron chi connectivity index (χ2n) is 3.88. The van der Waals surface area contributed by atoms with E-state index in [9.17, 15) is 4.79 Å². The lowest BCUT2D eigenvalue weighted by atomic mass is 10.4. The molecule has 2 aromatic rings. The van der Waals surface area contributed by atoms with Crippen LogP contribution in [0.2, 0.25) is 0 Å². The summed E-state index contributed by atoms with van der Waals surface area (Å²) < 4.78 is 0. The first-order valence-corrected chi connectivity index (χ1v) is 6.95. The number of carbonyl (C=O) groups excluding carboxylic acids is 1. The van der Waals surface area contributed by atoms with Crippen LogP contribution in [0.5, 0.6) is 0 Å². The predicted molar refractivity (Wildman–Crippen MR) is 73.3 cm³/mol. The van der Waals surface area contributed by atoms with Crippen molar-refractivity contribution in [2.45, 2.75) is 19.8 Å². The molecule has 0 spiro atoms. The lowest BCUT2D eigenvalue weighted by molar-refractivity contribution is 0.0953. The minimum atomic E-state index is -0.200. The highest BCUT2D eigenvalue weighted by atomic mass is 32.1. The molecule has 0 aliphatic heterocycles. The summed E-state index contributed by atoms with van der Waals surface area (Å²) in [5.74, 6) is 0.650. The largest absolute Gasteiger partial charge is 0.360 e. The monoisotopic (exact) mass is 280 g/mol. The molecule has 2 rings (SSSR count). The molecule has 0 aliphatic rings. The number of rotatable bonds is 7. The zero-order chi connectivity index (χ0) is 13.5. The zero-order valence-electron chi connectivity index (χ0n) is 10.6. The quantitative estimate of drug-likeness (QED) is 0.704. The highest BCUT2D eigenvalue weighted by Crippen LogP contribution is 2.14. The Morgan fingerprint density at radius 2 is 2.32 bits per heavy atom. The van der Waals surface area contributed by atoms with Gasteiger partial charge in [-0.15, -0.1) is 10.2 Å². The van der Waals surface area contributed by atoms with E-state index < -0.39 is 0 Å². The van der Waals surface area contributed by atoms with Gasteiger partial charge in [-0.2, -0.15) is 0 Å². The number of H-pyrrole nitrogens is 1. The van der Waals surface area contributed by atoms with Crippen LogP contribution in [-0.2, 0) is 6.42 Å². The van der Waals surface area contributed by atoms with Crippen LogP contribution in [0.4, 0.5) is 5.13 Å². The Hall–Kier alpha value is -1.96. The van der Waals surface area contributed by atoms with E-state index >= 15 is 0 Å². The van der Waals surface area contributed by atoms with Gasteiger partial charge in [0.15, 0.2) is 0 Å². The van der Waals surface area contributed by atoms with Gasteiger partial charge in [-0.05, 0) is 6.42 Å². The summed E-state index contributed by atoms with van der Waals surface area (Å²) in [6.07, 6.45) is 5.11. The second-order valence-corrected chi connectivity index (χ2v) is 4.86. The van der Waals surface area contributed by atoms with Crippen LogP contribution in [0.1, 0.15) is 29.0 Å². The minimum Gasteiger partial charge on any atom is -0.360 e. The third-order valence-electron chi connectivity index (χ3n) is 2.35. The number of amides is 1. The average molecular weight is 280 g/mol. The van der Waals surface area contributed by atoms with Crippen molar-refractivity contribution in [3.05, 3.63) is 23.2 Å². The maximum atomic E-state index is 11.8. The van der Waals surface area contributed by atoms with Crippen LogP contribution < -0.4 is 10.6 Å². The van der Waals surface area contributed by atoms with E-state index in [0.29, 0.717) is 23.1 Å². The SMILES string of the molecule is CCCNc1nnc(C(=O)NCCc2ncc[nH]2)s1. The smallest absolute Gasteiger partial charge is 0.282 e. The van der Waals surface area contributed by atoms with Crippen LogP contribution in [0.3, 0.4) is 0 Å². The van der Waals surface area contributed by atoms with Crippen molar-refractivity contribution in [1.29, 1.82) is 0 Å². The van der Waals surface area contributed by atoms with Crippen molar-refractivity contribution < 1.29 is 4.79 Å². The Morgan fingerprint density at radius 3 is 3.05 bits per heavy atom. The number of hydrogen-bond donors (Lipinski definition) is 3. The van der Waals surface area contributed by atoms with Gasteiger partial charge < -0.3 is 15.6 Å². The van der Waals surface area contributed by atoms with Crippen molar-refractivity contribution in [3.8, 4) is 0 Å². The fourth-order valence-electron chi connectivity index (χ4n) is 1.42. The van der Waals surface area contributed by atoms with Gasteiger partial charge in [0.1, 0.15) is 5.82 Å². The standard InChI is InChI=1S/C11H16N6OS/c1-2-4-15-11-17-16-10(19-11)9(18)14-5-3-8-12-6-7-13-8/h6-7H,2-5H2,1H3,(H,12,13)(H,14,18)(H,15,17). The summed E-state index contributed by atoms with van der Waals surface area (Å²) in [5, 5.41) is 14.7. The van der Waals surface area contributed by atoms with E-state index in [1.54, 1.807) is 12.4 Å². The van der Waals surface area contributed by atoms with Crippen molar-refractivity contribution in [2.24, 2.45) is 0 Å². The molecular weight excluding hydrogens is 264 g/mol. The topological polar surface area (TPSA) is 95.6 Å². The summed E-state index contributed by atoms with van der Waals surface area (Å²) in [5.41, 5.74) is 0. The predicted octanol–water partition coefficient (Wildman–Crippen LogP) is 1.06. The van der Waals surface area contributed by atoms with Gasteiger partial charge >= 0.3 is 0 Å². The van der Waals surface area contributed by atoms with Gasteiger partial charge in [-0.25, -0.2) is 4.98 Å². The minimum absolute atomic E-state index is 0.200. The number of aromatic nitrogens is 4. The Kier molecular flexibility index (Phi) is 4.85. The molecule has 0 fully saturated rings. The first kappa shape index (κ1) is 13.5. The maximum Gasteiger partial charge on any atom is 0.282 e. The van der Waals surface area contributed by atoms with Gasteiger partial charge in [-0.3, -0.25) is 4.79 Å². The molecule has 2 aromatic heterocycles. The van der Waals surface area contributed by atoms with Crippen molar-refractivity contribution >= 4 is 22.4 Å². The molecule has 0 radical (unpaired) electrons. The van der Waals surface area contributed by atoms with Crippen molar-refractivity contribution in [3.63, 3.8) is 0 Å². The molecule has 2 heterocycles. The third-order valence-corrected chi connectivity index (χ3v) is 3.23. The lowest BCUT2D eigenvalue weighted by Gasteiger charge is -2.00. The molecule has 102 valence electrons. The van der Waals surface area contributed by atoms with E-state index in [1.807, 2.05) is 0 Å². The highest BCUT2D eigenvalue weighted by Gasteiger charge is 2.12. The molecule has 0 unspecified atom stereocenters. The van der Waals surface area contributed by atoms with E-state index in [-0.39, 0.29) is 5.91 Å². The van der Waals surface area contributed by atoms with Gasteiger partial charge in [0.2, 0.25) is 10.1 Å². The molecule has 3 N–H and O–H groups in total. The Balaban J connectivity index is 1.77. The van der Waals surface area contributed by atoms with Crippen LogP contribution in [-0.4, -0.2) is 39.2 Å². The lowest BCUT2D eigenvalue weighted by Crippen LogP contribution is -2.25. The number of nitrogens with one attached hydrogen (secondary N) is 3. The molecular formula is C11H16N6OS. The third kappa shape index (κ3) is 4.02. The molecule has 1 amide bonds.